The number of amides is 1. The van der Waals surface area contributed by atoms with E-state index in [4.69, 9.17) is 0 Å². The van der Waals surface area contributed by atoms with E-state index in [1.807, 2.05) is 37.4 Å². The van der Waals surface area contributed by atoms with Gasteiger partial charge in [0, 0.05) is 23.2 Å². The number of allylic oxidation sites excluding steroid dienone is 2. The maximum atomic E-state index is 13.5. The monoisotopic (exact) mass is 708 g/mol. The summed E-state index contributed by atoms with van der Waals surface area (Å²) in [7, 11) is 0.538. The molecule has 0 aliphatic heterocycles. The van der Waals surface area contributed by atoms with Crippen molar-refractivity contribution in [2.45, 2.75) is 50.6 Å². The summed E-state index contributed by atoms with van der Waals surface area (Å²) in [6.07, 6.45) is 11.9. The van der Waals surface area contributed by atoms with Crippen molar-refractivity contribution in [3.63, 3.8) is 0 Å². The lowest BCUT2D eigenvalue weighted by molar-refractivity contribution is -0.118. The van der Waals surface area contributed by atoms with Gasteiger partial charge in [0.2, 0.25) is 0 Å². The summed E-state index contributed by atoms with van der Waals surface area (Å²) in [6.45, 7) is 0. The number of carbonyl (C=O) groups excluding carboxylic acids is 2. The molecular formula is C45H46N2O2P2. The van der Waals surface area contributed by atoms with Gasteiger partial charge in [0.1, 0.15) is 0 Å². The molecule has 1 amide bonds. The number of nitrogens with one attached hydrogen (secondary N) is 2. The van der Waals surface area contributed by atoms with Crippen LogP contribution in [0.4, 0.5) is 0 Å². The second kappa shape index (κ2) is 18.7. The minimum atomic E-state index is -0.762. The van der Waals surface area contributed by atoms with Crippen LogP contribution in [0.25, 0.3) is 0 Å². The molecule has 0 spiro atoms. The van der Waals surface area contributed by atoms with Crippen molar-refractivity contribution >= 4 is 54.6 Å². The first kappa shape index (κ1) is 36.3. The van der Waals surface area contributed by atoms with Gasteiger partial charge >= 0.3 is 0 Å². The van der Waals surface area contributed by atoms with Crippen LogP contribution in [0.5, 0.6) is 0 Å². The van der Waals surface area contributed by atoms with Crippen LogP contribution in [-0.2, 0) is 4.79 Å². The summed E-state index contributed by atoms with van der Waals surface area (Å²) in [5.41, 5.74) is 1.65. The minimum absolute atomic E-state index is 0.0902. The molecule has 0 radical (unpaired) electrons. The number of carbonyl (C=O) groups is 2. The molecule has 0 aromatic heterocycles. The predicted octanol–water partition coefficient (Wildman–Crippen LogP) is 7.63. The van der Waals surface area contributed by atoms with Crippen LogP contribution in [0, 0.1) is 0 Å². The van der Waals surface area contributed by atoms with Crippen molar-refractivity contribution in [1.29, 1.82) is 0 Å². The van der Waals surface area contributed by atoms with Gasteiger partial charge in [0.05, 0.1) is 0 Å². The Labute approximate surface area is 305 Å². The summed E-state index contributed by atoms with van der Waals surface area (Å²) in [4.78, 5) is 24.9. The van der Waals surface area contributed by atoms with E-state index in [-0.39, 0.29) is 11.9 Å². The first-order valence-corrected chi connectivity index (χ1v) is 20.6. The van der Waals surface area contributed by atoms with Crippen molar-refractivity contribution in [3.05, 3.63) is 174 Å². The average Bonchev–Trinajstić information content (AvgIpc) is 3.20. The van der Waals surface area contributed by atoms with Gasteiger partial charge in [0.15, 0.2) is 6.29 Å². The summed E-state index contributed by atoms with van der Waals surface area (Å²) < 4.78 is 0. The molecule has 0 saturated heterocycles. The molecule has 5 aromatic carbocycles. The van der Waals surface area contributed by atoms with E-state index in [1.54, 1.807) is 0 Å². The highest BCUT2D eigenvalue weighted by Gasteiger charge is 2.30. The van der Waals surface area contributed by atoms with E-state index in [0.29, 0.717) is 6.04 Å². The Balaban J connectivity index is 0.000000187. The Bertz CT molecular complexity index is 1830. The van der Waals surface area contributed by atoms with Gasteiger partial charge in [-0.25, -0.2) is 0 Å². The third-order valence-electron chi connectivity index (χ3n) is 9.43. The Kier molecular flexibility index (Phi) is 13.3. The zero-order valence-electron chi connectivity index (χ0n) is 29.2. The van der Waals surface area contributed by atoms with E-state index in [2.05, 4.69) is 138 Å². The molecule has 1 unspecified atom stereocenters. The van der Waals surface area contributed by atoms with Gasteiger partial charge < -0.3 is 10.6 Å². The maximum absolute atomic E-state index is 13.5. The highest BCUT2D eigenvalue weighted by molar-refractivity contribution is 7.80. The van der Waals surface area contributed by atoms with E-state index < -0.39 is 15.8 Å². The maximum Gasteiger partial charge on any atom is 0.251 e. The Morgan fingerprint density at radius 1 is 0.588 bits per heavy atom. The van der Waals surface area contributed by atoms with Gasteiger partial charge in [-0.2, -0.15) is 0 Å². The Morgan fingerprint density at radius 3 is 1.55 bits per heavy atom. The standard InChI is InChI=1S/C26H31N2OP.C19H15OP/c1-27-23-17-9-10-18-24(23)28-26(29)22-16-8-11-19-25(22)30(20-12-4-2-5-13-20)21-14-6-3-7-15-21;20-15-16-9-7-8-14-19(16)21(17-10-3-1-4-11-17)18-12-5-2-6-13-18/h2-7,12-16,19,23-24,27H,8-11,17-18H2,1H3,(H,28,29);1-15H/t23?,24-;/m1./s1. The lowest BCUT2D eigenvalue weighted by atomic mass is 9.90. The molecule has 0 bridgehead atoms. The molecule has 7 rings (SSSR count). The summed E-state index contributed by atoms with van der Waals surface area (Å²) in [5.74, 6) is 0.0902. The van der Waals surface area contributed by atoms with E-state index in [1.165, 1.54) is 39.4 Å². The fourth-order valence-corrected chi connectivity index (χ4v) is 11.9. The lowest BCUT2D eigenvalue weighted by Crippen LogP contribution is -2.51. The number of rotatable bonds is 10. The topological polar surface area (TPSA) is 58.2 Å². The van der Waals surface area contributed by atoms with E-state index >= 15 is 0 Å². The molecule has 2 aliphatic carbocycles. The normalized spacial score (nSPS) is 17.1. The fraction of sp³-hybridized carbons (Fsp3) is 0.200. The van der Waals surface area contributed by atoms with Crippen LogP contribution < -0.4 is 37.2 Å². The molecule has 51 heavy (non-hydrogen) atoms. The van der Waals surface area contributed by atoms with Crippen molar-refractivity contribution in [2.24, 2.45) is 0 Å². The minimum Gasteiger partial charge on any atom is -0.348 e. The summed E-state index contributed by atoms with van der Waals surface area (Å²) in [6, 6.07) is 50.5. The number of aldehydes is 1. The fourth-order valence-electron chi connectivity index (χ4n) is 6.93. The van der Waals surface area contributed by atoms with E-state index in [9.17, 15) is 9.59 Å². The van der Waals surface area contributed by atoms with Crippen LogP contribution in [0.15, 0.2) is 169 Å². The smallest absolute Gasteiger partial charge is 0.251 e. The Morgan fingerprint density at radius 2 is 1.04 bits per heavy atom. The summed E-state index contributed by atoms with van der Waals surface area (Å²) >= 11 is 0. The van der Waals surface area contributed by atoms with Gasteiger partial charge in [-0.15, -0.1) is 0 Å². The van der Waals surface area contributed by atoms with Crippen molar-refractivity contribution < 1.29 is 9.59 Å². The van der Waals surface area contributed by atoms with Crippen LogP contribution in [0.3, 0.4) is 0 Å². The predicted molar refractivity (Wildman–Crippen MR) is 218 cm³/mol. The zero-order valence-corrected chi connectivity index (χ0v) is 31.0. The number of hydrogen-bond acceptors (Lipinski definition) is 3. The highest BCUT2D eigenvalue weighted by atomic mass is 31.1. The average molecular weight is 709 g/mol. The first-order chi connectivity index (χ1) is 25.2. The SMILES string of the molecule is CNC1CCCC[C@H]1NC(=O)C1=CCCC=C1P(c1ccccc1)c1ccccc1.O=Cc1ccccc1P(c1ccccc1)c1ccccc1. The highest BCUT2D eigenvalue weighted by Crippen LogP contribution is 2.48. The molecule has 1 saturated carbocycles. The van der Waals surface area contributed by atoms with Crippen LogP contribution in [0.1, 0.15) is 48.9 Å². The second-order valence-corrected chi connectivity index (χ2v) is 17.1. The largest absolute Gasteiger partial charge is 0.348 e. The van der Waals surface area contributed by atoms with Crippen LogP contribution in [0.2, 0.25) is 0 Å². The molecule has 4 nitrogen and oxygen atoms in total. The number of hydrogen-bond donors (Lipinski definition) is 2. The summed E-state index contributed by atoms with van der Waals surface area (Å²) in [5, 5.41) is 14.2. The van der Waals surface area contributed by atoms with Gasteiger partial charge in [-0.3, -0.25) is 9.59 Å². The van der Waals surface area contributed by atoms with Crippen LogP contribution >= 0.6 is 15.8 Å². The van der Waals surface area contributed by atoms with Gasteiger partial charge in [0.25, 0.3) is 5.91 Å². The Hall–Kier alpha value is -4.46. The molecule has 5 aromatic rings. The molecular weight excluding hydrogens is 662 g/mol. The number of benzene rings is 5. The van der Waals surface area contributed by atoms with Crippen LogP contribution in [-0.4, -0.2) is 31.3 Å². The molecule has 2 atom stereocenters. The number of likely N-dealkylation sites (N-methyl/N-ethyl adjacent to an activating group) is 1. The molecule has 258 valence electrons. The van der Waals surface area contributed by atoms with E-state index in [0.717, 1.165) is 48.4 Å². The van der Waals surface area contributed by atoms with Crippen molar-refractivity contribution in [3.8, 4) is 0 Å². The molecule has 1 fully saturated rings. The first-order valence-electron chi connectivity index (χ1n) is 17.9. The van der Waals surface area contributed by atoms with Crippen molar-refractivity contribution in [1.82, 2.24) is 10.6 Å². The molecule has 0 heterocycles. The van der Waals surface area contributed by atoms with Gasteiger partial charge in [-0.05, 0) is 80.4 Å². The third kappa shape index (κ3) is 9.26. The zero-order chi connectivity index (χ0) is 35.3. The quantitative estimate of drug-likeness (QED) is 0.116. The third-order valence-corrected chi connectivity index (χ3v) is 14.5. The van der Waals surface area contributed by atoms with Gasteiger partial charge in [-0.1, -0.05) is 171 Å². The molecule has 2 aliphatic rings. The van der Waals surface area contributed by atoms with Crippen molar-refractivity contribution in [2.75, 3.05) is 7.05 Å². The molecule has 6 heteroatoms. The lowest BCUT2D eigenvalue weighted by Gasteiger charge is -2.33. The molecule has 2 N–H and O–H groups in total. The second-order valence-electron chi connectivity index (χ2n) is 12.7.